The summed E-state index contributed by atoms with van der Waals surface area (Å²) in [7, 11) is 1.61. The number of amides is 1. The highest BCUT2D eigenvalue weighted by Gasteiger charge is 2.34. The molecule has 0 unspecified atom stereocenters. The van der Waals surface area contributed by atoms with E-state index in [4.69, 9.17) is 26.1 Å². The number of rotatable bonds is 8. The highest BCUT2D eigenvalue weighted by atomic mass is 79.9. The fourth-order valence-electron chi connectivity index (χ4n) is 3.66. The average molecular weight is 600 g/mol. The van der Waals surface area contributed by atoms with E-state index in [2.05, 4.69) is 48.8 Å². The number of hydrogen-bond acceptors (Lipinski definition) is 5. The van der Waals surface area contributed by atoms with Crippen LogP contribution in [0.15, 0.2) is 75.0 Å². The SMILES string of the molecule is COc1cc(/C=C2\SC(=Nc3ccc(Cl)cc3)N(CC(C)C)C2=O)c(Br)cc1OCc1ccc(C)cc1. The first-order valence-electron chi connectivity index (χ1n) is 11.8. The molecule has 1 heterocycles. The van der Waals surface area contributed by atoms with Crippen LogP contribution in [-0.2, 0) is 11.4 Å². The fourth-order valence-corrected chi connectivity index (χ4v) is 5.23. The molecular formula is C29H28BrClN2O3S. The summed E-state index contributed by atoms with van der Waals surface area (Å²) in [6.07, 6.45) is 1.86. The number of benzene rings is 3. The maximum absolute atomic E-state index is 13.4. The molecule has 1 aliphatic rings. The van der Waals surface area contributed by atoms with Gasteiger partial charge in [-0.2, -0.15) is 0 Å². The first-order valence-corrected chi connectivity index (χ1v) is 13.8. The molecule has 8 heteroatoms. The minimum atomic E-state index is -0.0722. The molecule has 3 aromatic rings. The van der Waals surface area contributed by atoms with Gasteiger partial charge in [0.1, 0.15) is 6.61 Å². The molecule has 1 fully saturated rings. The number of carbonyl (C=O) groups is 1. The molecule has 1 aliphatic heterocycles. The summed E-state index contributed by atoms with van der Waals surface area (Å²) in [6, 6.07) is 19.2. The quantitative estimate of drug-likeness (QED) is 0.245. The van der Waals surface area contributed by atoms with Crippen molar-refractivity contribution in [1.82, 2.24) is 4.90 Å². The number of aliphatic imine (C=N–C) groups is 1. The molecule has 0 bridgehead atoms. The lowest BCUT2D eigenvalue weighted by Crippen LogP contribution is -2.32. The van der Waals surface area contributed by atoms with Gasteiger partial charge in [-0.05, 0) is 78.2 Å². The topological polar surface area (TPSA) is 51.1 Å². The van der Waals surface area contributed by atoms with Crippen LogP contribution in [0.3, 0.4) is 0 Å². The second-order valence-electron chi connectivity index (χ2n) is 9.09. The Hall–Kier alpha value is -2.74. The van der Waals surface area contributed by atoms with Gasteiger partial charge in [-0.1, -0.05) is 71.2 Å². The Labute approximate surface area is 235 Å². The van der Waals surface area contributed by atoms with Crippen molar-refractivity contribution in [3.05, 3.63) is 91.8 Å². The second kappa shape index (κ2) is 12.2. The van der Waals surface area contributed by atoms with E-state index < -0.39 is 0 Å². The maximum Gasteiger partial charge on any atom is 0.266 e. The summed E-state index contributed by atoms with van der Waals surface area (Å²) in [6.45, 7) is 7.21. The van der Waals surface area contributed by atoms with E-state index in [9.17, 15) is 4.79 Å². The summed E-state index contributed by atoms with van der Waals surface area (Å²) >= 11 is 11.0. The third-order valence-corrected chi connectivity index (χ3v) is 7.52. The van der Waals surface area contributed by atoms with E-state index in [0.717, 1.165) is 21.3 Å². The predicted molar refractivity (Wildman–Crippen MR) is 157 cm³/mol. The fraction of sp³-hybridized carbons (Fsp3) is 0.241. The number of thioether (sulfide) groups is 1. The minimum Gasteiger partial charge on any atom is -0.493 e. The summed E-state index contributed by atoms with van der Waals surface area (Å²) in [4.78, 5) is 20.4. The van der Waals surface area contributed by atoms with Crippen LogP contribution >= 0.6 is 39.3 Å². The molecule has 0 radical (unpaired) electrons. The highest BCUT2D eigenvalue weighted by molar-refractivity contribution is 9.10. The van der Waals surface area contributed by atoms with E-state index in [-0.39, 0.29) is 11.8 Å². The van der Waals surface area contributed by atoms with E-state index >= 15 is 0 Å². The number of carbonyl (C=O) groups excluding carboxylic acids is 1. The van der Waals surface area contributed by atoms with Crippen LogP contribution < -0.4 is 9.47 Å². The molecule has 0 aliphatic carbocycles. The van der Waals surface area contributed by atoms with Gasteiger partial charge >= 0.3 is 0 Å². The Morgan fingerprint density at radius 2 is 1.78 bits per heavy atom. The molecule has 0 aromatic heterocycles. The molecule has 4 rings (SSSR count). The lowest BCUT2D eigenvalue weighted by molar-refractivity contribution is -0.122. The number of methoxy groups -OCH3 is 1. The molecule has 37 heavy (non-hydrogen) atoms. The van der Waals surface area contributed by atoms with Crippen LogP contribution in [0.2, 0.25) is 5.02 Å². The van der Waals surface area contributed by atoms with Gasteiger partial charge in [0.05, 0.1) is 17.7 Å². The Morgan fingerprint density at radius 1 is 1.08 bits per heavy atom. The molecule has 0 spiro atoms. The van der Waals surface area contributed by atoms with Crippen molar-refractivity contribution < 1.29 is 14.3 Å². The number of nitrogens with zero attached hydrogens (tertiary/aromatic N) is 2. The van der Waals surface area contributed by atoms with Crippen molar-refractivity contribution >= 4 is 62.1 Å². The zero-order valence-corrected chi connectivity index (χ0v) is 24.3. The van der Waals surface area contributed by atoms with Crippen molar-refractivity contribution in [3.63, 3.8) is 0 Å². The van der Waals surface area contributed by atoms with Crippen LogP contribution in [0.1, 0.15) is 30.5 Å². The normalized spacial score (nSPS) is 15.8. The smallest absolute Gasteiger partial charge is 0.266 e. The van der Waals surface area contributed by atoms with E-state index in [1.807, 2.05) is 42.5 Å². The molecular weight excluding hydrogens is 572 g/mol. The Kier molecular flexibility index (Phi) is 9.00. The van der Waals surface area contributed by atoms with E-state index in [0.29, 0.717) is 39.7 Å². The summed E-state index contributed by atoms with van der Waals surface area (Å²) in [5.41, 5.74) is 3.83. The van der Waals surface area contributed by atoms with Gasteiger partial charge in [-0.15, -0.1) is 0 Å². The van der Waals surface area contributed by atoms with Crippen molar-refractivity contribution in [2.45, 2.75) is 27.4 Å². The third-order valence-electron chi connectivity index (χ3n) is 5.57. The Balaban J connectivity index is 1.61. The maximum atomic E-state index is 13.4. The lowest BCUT2D eigenvalue weighted by atomic mass is 10.1. The van der Waals surface area contributed by atoms with Crippen molar-refractivity contribution in [2.24, 2.45) is 10.9 Å². The highest BCUT2D eigenvalue weighted by Crippen LogP contribution is 2.39. The standard InChI is InChI=1S/C29H28BrClN2O3S/c1-18(2)16-33-28(34)27(37-29(33)32-23-11-9-22(31)10-12-23)14-21-13-25(35-4)26(15-24(21)30)36-17-20-7-5-19(3)6-8-20/h5-15,18H,16-17H2,1-4H3/b27-14-,32-29?. The molecule has 1 saturated heterocycles. The Morgan fingerprint density at radius 3 is 2.43 bits per heavy atom. The second-order valence-corrected chi connectivity index (χ2v) is 11.4. The minimum absolute atomic E-state index is 0.0722. The van der Waals surface area contributed by atoms with E-state index in [1.54, 1.807) is 24.1 Å². The molecule has 0 saturated carbocycles. The van der Waals surface area contributed by atoms with Crippen molar-refractivity contribution in [2.75, 3.05) is 13.7 Å². The Bertz CT molecular complexity index is 1340. The molecule has 192 valence electrons. The number of ether oxygens (including phenoxy) is 2. The molecule has 0 atom stereocenters. The molecule has 0 N–H and O–H groups in total. The molecule has 3 aromatic carbocycles. The number of hydrogen-bond donors (Lipinski definition) is 0. The van der Waals surface area contributed by atoms with Crippen molar-refractivity contribution in [1.29, 1.82) is 0 Å². The van der Waals surface area contributed by atoms with Gasteiger partial charge in [0.15, 0.2) is 16.7 Å². The van der Waals surface area contributed by atoms with Crippen molar-refractivity contribution in [3.8, 4) is 11.5 Å². The van der Waals surface area contributed by atoms with Crippen LogP contribution in [0.5, 0.6) is 11.5 Å². The monoisotopic (exact) mass is 598 g/mol. The van der Waals surface area contributed by atoms with Gasteiger partial charge in [0, 0.05) is 16.0 Å². The van der Waals surface area contributed by atoms with Crippen LogP contribution in [0.25, 0.3) is 6.08 Å². The lowest BCUT2D eigenvalue weighted by Gasteiger charge is -2.17. The van der Waals surface area contributed by atoms with Gasteiger partial charge in [-0.3, -0.25) is 9.69 Å². The molecule has 5 nitrogen and oxygen atoms in total. The zero-order chi connectivity index (χ0) is 26.5. The third kappa shape index (κ3) is 6.98. The average Bonchev–Trinajstić information content (AvgIpc) is 3.14. The number of aryl methyl sites for hydroxylation is 1. The first kappa shape index (κ1) is 27.3. The summed E-state index contributed by atoms with van der Waals surface area (Å²) in [5, 5.41) is 1.29. The van der Waals surface area contributed by atoms with Gasteiger partial charge in [0.2, 0.25) is 0 Å². The van der Waals surface area contributed by atoms with Gasteiger partial charge in [-0.25, -0.2) is 4.99 Å². The first-order chi connectivity index (χ1) is 17.7. The van der Waals surface area contributed by atoms with E-state index in [1.165, 1.54) is 17.3 Å². The predicted octanol–water partition coefficient (Wildman–Crippen LogP) is 8.26. The van der Waals surface area contributed by atoms with Crippen LogP contribution in [-0.4, -0.2) is 29.6 Å². The largest absolute Gasteiger partial charge is 0.493 e. The summed E-state index contributed by atoms with van der Waals surface area (Å²) in [5.74, 6) is 1.42. The van der Waals surface area contributed by atoms with Crippen LogP contribution in [0, 0.1) is 12.8 Å². The zero-order valence-electron chi connectivity index (χ0n) is 21.1. The van der Waals surface area contributed by atoms with Gasteiger partial charge < -0.3 is 9.47 Å². The van der Waals surface area contributed by atoms with Crippen LogP contribution in [0.4, 0.5) is 5.69 Å². The van der Waals surface area contributed by atoms with Gasteiger partial charge in [0.25, 0.3) is 5.91 Å². The summed E-state index contributed by atoms with van der Waals surface area (Å²) < 4.78 is 12.5. The number of amidine groups is 1. The molecule has 1 amide bonds. The number of halogens is 2.